The molecule has 40 heavy (non-hydrogen) atoms. The molecule has 4 fully saturated rings. The molecule has 3 saturated heterocycles. The van der Waals surface area contributed by atoms with Crippen LogP contribution in [0.15, 0.2) is 36.4 Å². The van der Waals surface area contributed by atoms with Crippen molar-refractivity contribution in [1.82, 2.24) is 10.2 Å². The average Bonchev–Trinajstić information content (AvgIpc) is 3.00. The number of aldehydes is 1. The number of methoxy groups -OCH3 is 1. The Kier molecular flexibility index (Phi) is 9.11. The quantitative estimate of drug-likeness (QED) is 0.237. The molecule has 1 amide bonds. The molecule has 2 bridgehead atoms. The number of carbonyl (C=O) groups is 3. The fourth-order valence-corrected chi connectivity index (χ4v) is 6.94. The van der Waals surface area contributed by atoms with Gasteiger partial charge in [-0.1, -0.05) is 55.1 Å². The molecule has 8 heteroatoms. The average molecular weight is 567 g/mol. The molecular formula is C32H39ClN2O5. The van der Waals surface area contributed by atoms with Crippen molar-refractivity contribution in [3.63, 3.8) is 0 Å². The molecule has 7 nitrogen and oxygen atoms in total. The second-order valence-electron chi connectivity index (χ2n) is 11.5. The number of halogens is 1. The van der Waals surface area contributed by atoms with Crippen molar-refractivity contribution >= 4 is 29.8 Å². The van der Waals surface area contributed by atoms with Gasteiger partial charge in [-0.3, -0.25) is 19.3 Å². The van der Waals surface area contributed by atoms with Crippen molar-refractivity contribution in [3.8, 4) is 5.75 Å². The largest absolute Gasteiger partial charge is 0.496 e. The third kappa shape index (κ3) is 6.06. The standard InChI is InChI=1S/C32H39ClN2O5/c1-39-28-19-26(27(33)18-24(28)21-36)30(37)34-14-6-8-22-7-5-9-25(17-22)32(12-3-2-4-13-32)31(38)40-29-20-35-15-10-23(29)11-16-35/h5,7,9,17-19,21,23,29H,2-4,6,8,10-16,20H2,1H3,(H,34,37). The number of fused-ring (bicyclic) bond motifs is 3. The van der Waals surface area contributed by atoms with E-state index in [-0.39, 0.29) is 28.6 Å². The maximum atomic E-state index is 13.8. The highest BCUT2D eigenvalue weighted by atomic mass is 35.5. The van der Waals surface area contributed by atoms with E-state index >= 15 is 0 Å². The SMILES string of the molecule is COc1cc(C(=O)NCCCc2cccc(C3(C(=O)OC4CN5CCC4CC5)CCCCC3)c2)c(Cl)cc1C=O. The zero-order valence-corrected chi connectivity index (χ0v) is 24.0. The third-order valence-electron chi connectivity index (χ3n) is 9.05. The number of benzene rings is 2. The van der Waals surface area contributed by atoms with E-state index in [1.807, 2.05) is 6.07 Å². The van der Waals surface area contributed by atoms with E-state index in [1.54, 1.807) is 0 Å². The normalized spacial score (nSPS) is 23.3. The number of ether oxygens (including phenoxy) is 2. The molecule has 4 aliphatic rings. The molecule has 1 N–H and O–H groups in total. The van der Waals surface area contributed by atoms with Gasteiger partial charge in [0.1, 0.15) is 11.9 Å². The maximum absolute atomic E-state index is 13.8. The molecule has 1 saturated carbocycles. The minimum absolute atomic E-state index is 0.0173. The fourth-order valence-electron chi connectivity index (χ4n) is 6.69. The summed E-state index contributed by atoms with van der Waals surface area (Å²) in [4.78, 5) is 40.2. The van der Waals surface area contributed by atoms with Gasteiger partial charge >= 0.3 is 5.97 Å². The van der Waals surface area contributed by atoms with Crippen molar-refractivity contribution in [2.45, 2.75) is 69.3 Å². The fraction of sp³-hybridized carbons (Fsp3) is 0.531. The second-order valence-corrected chi connectivity index (χ2v) is 11.9. The Morgan fingerprint density at radius 3 is 2.58 bits per heavy atom. The Bertz CT molecular complexity index is 1230. The van der Waals surface area contributed by atoms with Gasteiger partial charge in [-0.15, -0.1) is 0 Å². The molecule has 2 aromatic carbocycles. The first-order chi connectivity index (χ1) is 19.4. The third-order valence-corrected chi connectivity index (χ3v) is 9.36. The van der Waals surface area contributed by atoms with Crippen LogP contribution in [0.1, 0.15) is 83.2 Å². The number of nitrogens with one attached hydrogen (secondary N) is 1. The van der Waals surface area contributed by atoms with Crippen LogP contribution in [0.3, 0.4) is 0 Å². The van der Waals surface area contributed by atoms with E-state index in [4.69, 9.17) is 21.1 Å². The first-order valence-electron chi connectivity index (χ1n) is 14.6. The summed E-state index contributed by atoms with van der Waals surface area (Å²) in [6.07, 6.45) is 9.30. The van der Waals surface area contributed by atoms with E-state index in [9.17, 15) is 14.4 Å². The zero-order valence-electron chi connectivity index (χ0n) is 23.3. The molecular weight excluding hydrogens is 528 g/mol. The highest BCUT2D eigenvalue weighted by molar-refractivity contribution is 6.34. The number of carbonyl (C=O) groups excluding carboxylic acids is 3. The zero-order chi connectivity index (χ0) is 28.1. The number of piperidine rings is 3. The summed E-state index contributed by atoms with van der Waals surface area (Å²) >= 11 is 6.23. The van der Waals surface area contributed by atoms with Crippen molar-refractivity contribution in [3.05, 3.63) is 63.7 Å². The van der Waals surface area contributed by atoms with E-state index in [0.717, 1.165) is 88.5 Å². The lowest BCUT2D eigenvalue weighted by atomic mass is 9.69. The number of aryl methyl sites for hydroxylation is 1. The first kappa shape index (κ1) is 28.6. The van der Waals surface area contributed by atoms with Gasteiger partial charge in [0.15, 0.2) is 6.29 Å². The van der Waals surface area contributed by atoms with Crippen LogP contribution in [-0.2, 0) is 21.4 Å². The van der Waals surface area contributed by atoms with Gasteiger partial charge in [0, 0.05) is 13.1 Å². The topological polar surface area (TPSA) is 84.9 Å². The maximum Gasteiger partial charge on any atom is 0.316 e. The molecule has 1 unspecified atom stereocenters. The van der Waals surface area contributed by atoms with Crippen molar-refractivity contribution in [1.29, 1.82) is 0 Å². The van der Waals surface area contributed by atoms with E-state index in [2.05, 4.69) is 28.4 Å². The molecule has 3 heterocycles. The van der Waals surface area contributed by atoms with Crippen LogP contribution in [0.4, 0.5) is 0 Å². The smallest absolute Gasteiger partial charge is 0.316 e. The second kappa shape index (κ2) is 12.7. The monoisotopic (exact) mass is 566 g/mol. The minimum Gasteiger partial charge on any atom is -0.496 e. The van der Waals surface area contributed by atoms with Crippen LogP contribution < -0.4 is 10.1 Å². The predicted molar refractivity (Wildman–Crippen MR) is 154 cm³/mol. The molecule has 1 atom stereocenters. The molecule has 2 aromatic rings. The Morgan fingerprint density at radius 2 is 1.90 bits per heavy atom. The lowest BCUT2D eigenvalue weighted by Crippen LogP contribution is -2.53. The Labute approximate surface area is 241 Å². The Morgan fingerprint density at radius 1 is 1.12 bits per heavy atom. The van der Waals surface area contributed by atoms with Crippen LogP contribution in [0.2, 0.25) is 5.02 Å². The van der Waals surface area contributed by atoms with Crippen molar-refractivity contribution in [2.24, 2.45) is 5.92 Å². The van der Waals surface area contributed by atoms with Gasteiger partial charge in [0.05, 0.1) is 28.7 Å². The van der Waals surface area contributed by atoms with E-state index in [0.29, 0.717) is 30.1 Å². The summed E-state index contributed by atoms with van der Waals surface area (Å²) in [5.41, 5.74) is 2.20. The van der Waals surface area contributed by atoms with Crippen molar-refractivity contribution < 1.29 is 23.9 Å². The molecule has 214 valence electrons. The number of esters is 1. The number of hydrogen-bond donors (Lipinski definition) is 1. The minimum atomic E-state index is -0.571. The van der Waals surface area contributed by atoms with Gasteiger partial charge in [0.2, 0.25) is 0 Å². The number of amides is 1. The molecule has 0 spiro atoms. The lowest BCUT2D eigenvalue weighted by molar-refractivity contribution is -0.167. The van der Waals surface area contributed by atoms with E-state index < -0.39 is 5.41 Å². The molecule has 1 aliphatic carbocycles. The number of rotatable bonds is 10. The van der Waals surface area contributed by atoms with Crippen LogP contribution in [0.5, 0.6) is 5.75 Å². The molecule has 6 rings (SSSR count). The molecule has 0 aromatic heterocycles. The summed E-state index contributed by atoms with van der Waals surface area (Å²) < 4.78 is 11.5. The summed E-state index contributed by atoms with van der Waals surface area (Å²) in [6.45, 7) is 3.58. The van der Waals surface area contributed by atoms with Gasteiger partial charge in [-0.2, -0.15) is 0 Å². The molecule has 3 aliphatic heterocycles. The van der Waals surface area contributed by atoms with Gasteiger partial charge in [-0.05, 0) is 80.8 Å². The number of nitrogens with zero attached hydrogens (tertiary/aromatic N) is 1. The van der Waals surface area contributed by atoms with Gasteiger partial charge in [0.25, 0.3) is 5.91 Å². The van der Waals surface area contributed by atoms with Crippen LogP contribution in [-0.4, -0.2) is 62.5 Å². The lowest BCUT2D eigenvalue weighted by Gasteiger charge is -2.45. The van der Waals surface area contributed by atoms with Crippen LogP contribution in [0, 0.1) is 5.92 Å². The van der Waals surface area contributed by atoms with Crippen LogP contribution >= 0.6 is 11.6 Å². The molecule has 0 radical (unpaired) electrons. The highest BCUT2D eigenvalue weighted by Crippen LogP contribution is 2.42. The summed E-state index contributed by atoms with van der Waals surface area (Å²) in [5, 5.41) is 3.12. The van der Waals surface area contributed by atoms with Gasteiger partial charge in [-0.25, -0.2) is 0 Å². The van der Waals surface area contributed by atoms with Gasteiger partial charge < -0.3 is 14.8 Å². The predicted octanol–water partition coefficient (Wildman–Crippen LogP) is 5.36. The first-order valence-corrected chi connectivity index (χ1v) is 14.9. The Balaban J connectivity index is 1.21. The summed E-state index contributed by atoms with van der Waals surface area (Å²) in [5.74, 6) is 0.453. The van der Waals surface area contributed by atoms with Crippen molar-refractivity contribution in [2.75, 3.05) is 33.3 Å². The Hall–Kier alpha value is -2.90. The number of hydrogen-bond acceptors (Lipinski definition) is 6. The van der Waals surface area contributed by atoms with E-state index in [1.165, 1.54) is 19.2 Å². The highest BCUT2D eigenvalue weighted by Gasteiger charge is 2.45. The summed E-state index contributed by atoms with van der Waals surface area (Å²) in [6, 6.07) is 11.3. The summed E-state index contributed by atoms with van der Waals surface area (Å²) in [7, 11) is 1.45. The van der Waals surface area contributed by atoms with Crippen LogP contribution in [0.25, 0.3) is 0 Å².